The van der Waals surface area contributed by atoms with Gasteiger partial charge in [-0.2, -0.15) is 0 Å². The zero-order valence-electron chi connectivity index (χ0n) is 10.8. The van der Waals surface area contributed by atoms with Crippen LogP contribution < -0.4 is 0 Å². The molecule has 20 heavy (non-hydrogen) atoms. The summed E-state index contributed by atoms with van der Waals surface area (Å²) in [6.45, 7) is 0. The van der Waals surface area contributed by atoms with Crippen molar-refractivity contribution in [3.05, 3.63) is 70.5 Å². The van der Waals surface area contributed by atoms with Gasteiger partial charge in [-0.05, 0) is 29.8 Å². The highest BCUT2D eigenvalue weighted by atomic mass is 35.5. The van der Waals surface area contributed by atoms with Crippen LogP contribution in [0, 0.1) is 5.82 Å². The summed E-state index contributed by atoms with van der Waals surface area (Å²) in [6.07, 6.45) is 1.45. The summed E-state index contributed by atoms with van der Waals surface area (Å²) in [4.78, 5) is 11.9. The molecule has 0 heterocycles. The van der Waals surface area contributed by atoms with Crippen molar-refractivity contribution in [2.45, 2.75) is 0 Å². The Hall–Kier alpha value is -2.13. The first-order chi connectivity index (χ1) is 9.61. The predicted molar refractivity (Wildman–Crippen MR) is 77.7 cm³/mol. The number of carbonyl (C=O) groups is 1. The molecule has 2 nitrogen and oxygen atoms in total. The molecule has 0 fully saturated rings. The number of methoxy groups -OCH3 is 1. The van der Waals surface area contributed by atoms with Crippen molar-refractivity contribution in [3.63, 3.8) is 0 Å². The first-order valence-electron chi connectivity index (χ1n) is 5.92. The highest BCUT2D eigenvalue weighted by Gasteiger charge is 2.13. The molecule has 0 N–H and O–H groups in total. The number of hydrogen-bond donors (Lipinski definition) is 0. The maximum absolute atomic E-state index is 13.7. The SMILES string of the molecule is COC(=O)/C(=C/c1ccccc1F)c1cccc(Cl)c1. The van der Waals surface area contributed by atoms with Crippen molar-refractivity contribution in [2.24, 2.45) is 0 Å². The molecule has 0 unspecified atom stereocenters. The van der Waals surface area contributed by atoms with Crippen LogP contribution in [0.15, 0.2) is 48.5 Å². The Labute approximate surface area is 121 Å². The first kappa shape index (κ1) is 14.3. The van der Waals surface area contributed by atoms with Crippen LogP contribution in [0.3, 0.4) is 0 Å². The summed E-state index contributed by atoms with van der Waals surface area (Å²) >= 11 is 5.92. The quantitative estimate of drug-likeness (QED) is 0.481. The third-order valence-electron chi connectivity index (χ3n) is 2.75. The largest absolute Gasteiger partial charge is 0.465 e. The van der Waals surface area contributed by atoms with E-state index in [1.54, 1.807) is 42.5 Å². The Bertz CT molecular complexity index is 665. The fourth-order valence-corrected chi connectivity index (χ4v) is 1.96. The zero-order valence-corrected chi connectivity index (χ0v) is 11.5. The zero-order chi connectivity index (χ0) is 14.5. The number of hydrogen-bond acceptors (Lipinski definition) is 2. The van der Waals surface area contributed by atoms with E-state index in [0.29, 0.717) is 16.1 Å². The molecule has 2 rings (SSSR count). The number of ether oxygens (including phenoxy) is 1. The minimum atomic E-state index is -0.546. The predicted octanol–water partition coefficient (Wildman–Crippen LogP) is 4.19. The molecular formula is C16H12ClFO2. The van der Waals surface area contributed by atoms with Crippen molar-refractivity contribution < 1.29 is 13.9 Å². The lowest BCUT2D eigenvalue weighted by Gasteiger charge is -2.07. The Balaban J connectivity index is 2.54. The van der Waals surface area contributed by atoms with E-state index >= 15 is 0 Å². The lowest BCUT2D eigenvalue weighted by Crippen LogP contribution is -2.04. The lowest BCUT2D eigenvalue weighted by atomic mass is 10.0. The average molecular weight is 291 g/mol. The van der Waals surface area contributed by atoms with Gasteiger partial charge in [0.1, 0.15) is 5.82 Å². The Morgan fingerprint density at radius 2 is 1.95 bits per heavy atom. The van der Waals surface area contributed by atoms with E-state index in [2.05, 4.69) is 0 Å². The van der Waals surface area contributed by atoms with Crippen LogP contribution in [0.25, 0.3) is 11.6 Å². The molecule has 0 aromatic heterocycles. The number of esters is 1. The topological polar surface area (TPSA) is 26.3 Å². The van der Waals surface area contributed by atoms with Crippen LogP contribution in [0.4, 0.5) is 4.39 Å². The molecule has 102 valence electrons. The van der Waals surface area contributed by atoms with E-state index in [4.69, 9.17) is 16.3 Å². The van der Waals surface area contributed by atoms with Crippen LogP contribution in [0.2, 0.25) is 5.02 Å². The monoisotopic (exact) mass is 290 g/mol. The highest BCUT2D eigenvalue weighted by Crippen LogP contribution is 2.23. The molecule has 2 aromatic carbocycles. The van der Waals surface area contributed by atoms with Gasteiger partial charge in [0.2, 0.25) is 0 Å². The van der Waals surface area contributed by atoms with E-state index in [9.17, 15) is 9.18 Å². The molecule has 2 aromatic rings. The second kappa shape index (κ2) is 6.35. The fraction of sp³-hybridized carbons (Fsp3) is 0.0625. The van der Waals surface area contributed by atoms with E-state index in [1.807, 2.05) is 0 Å². The summed E-state index contributed by atoms with van der Waals surface area (Å²) < 4.78 is 18.4. The average Bonchev–Trinajstić information content (AvgIpc) is 2.45. The number of carbonyl (C=O) groups excluding carboxylic acids is 1. The van der Waals surface area contributed by atoms with Crippen LogP contribution >= 0.6 is 11.6 Å². The third-order valence-corrected chi connectivity index (χ3v) is 2.98. The number of rotatable bonds is 3. The van der Waals surface area contributed by atoms with Gasteiger partial charge in [-0.3, -0.25) is 0 Å². The van der Waals surface area contributed by atoms with Crippen molar-refractivity contribution in [3.8, 4) is 0 Å². The van der Waals surface area contributed by atoms with E-state index in [0.717, 1.165) is 0 Å². The molecule has 0 saturated heterocycles. The van der Waals surface area contributed by atoms with Gasteiger partial charge in [0, 0.05) is 10.6 Å². The van der Waals surface area contributed by atoms with Crippen molar-refractivity contribution in [1.29, 1.82) is 0 Å². The molecule has 0 saturated carbocycles. The maximum Gasteiger partial charge on any atom is 0.338 e. The summed E-state index contributed by atoms with van der Waals surface area (Å²) in [6, 6.07) is 13.0. The van der Waals surface area contributed by atoms with Crippen molar-refractivity contribution in [1.82, 2.24) is 0 Å². The Kier molecular flexibility index (Phi) is 4.53. The minimum absolute atomic E-state index is 0.250. The molecule has 0 bridgehead atoms. The molecule has 0 spiro atoms. The summed E-state index contributed by atoms with van der Waals surface area (Å²) in [5, 5.41) is 0.492. The molecule has 0 radical (unpaired) electrons. The summed E-state index contributed by atoms with van der Waals surface area (Å²) in [5.74, 6) is -0.952. The minimum Gasteiger partial charge on any atom is -0.465 e. The molecule has 4 heteroatoms. The van der Waals surface area contributed by atoms with E-state index in [-0.39, 0.29) is 5.57 Å². The standard InChI is InChI=1S/C16H12ClFO2/c1-20-16(19)14(11-6-4-7-13(17)9-11)10-12-5-2-3-8-15(12)18/h2-10H,1H3/b14-10+. The highest BCUT2D eigenvalue weighted by molar-refractivity contribution is 6.31. The van der Waals surface area contributed by atoms with Gasteiger partial charge in [0.15, 0.2) is 0 Å². The van der Waals surface area contributed by atoms with Crippen LogP contribution in [-0.2, 0) is 9.53 Å². The van der Waals surface area contributed by atoms with E-state index < -0.39 is 11.8 Å². The van der Waals surface area contributed by atoms with Gasteiger partial charge in [0.05, 0.1) is 12.7 Å². The van der Waals surface area contributed by atoms with E-state index in [1.165, 1.54) is 19.3 Å². The second-order valence-corrected chi connectivity index (χ2v) is 4.52. The van der Waals surface area contributed by atoms with Gasteiger partial charge < -0.3 is 4.74 Å². The second-order valence-electron chi connectivity index (χ2n) is 4.08. The molecule has 0 amide bonds. The third kappa shape index (κ3) is 3.25. The first-order valence-corrected chi connectivity index (χ1v) is 6.30. The van der Waals surface area contributed by atoms with Crippen LogP contribution in [-0.4, -0.2) is 13.1 Å². The lowest BCUT2D eigenvalue weighted by molar-refractivity contribution is -0.133. The van der Waals surface area contributed by atoms with Gasteiger partial charge in [-0.1, -0.05) is 41.9 Å². The molecule has 0 aliphatic rings. The van der Waals surface area contributed by atoms with Crippen LogP contribution in [0.5, 0.6) is 0 Å². The molecule has 0 aliphatic carbocycles. The Morgan fingerprint density at radius 1 is 1.20 bits per heavy atom. The molecular weight excluding hydrogens is 279 g/mol. The molecule has 0 aliphatic heterocycles. The summed E-state index contributed by atoms with van der Waals surface area (Å²) in [5.41, 5.74) is 1.14. The fourth-order valence-electron chi connectivity index (χ4n) is 1.77. The van der Waals surface area contributed by atoms with Crippen molar-refractivity contribution >= 4 is 29.2 Å². The van der Waals surface area contributed by atoms with Crippen LogP contribution in [0.1, 0.15) is 11.1 Å². The number of halogens is 2. The smallest absolute Gasteiger partial charge is 0.338 e. The summed E-state index contributed by atoms with van der Waals surface area (Å²) in [7, 11) is 1.28. The number of benzene rings is 2. The van der Waals surface area contributed by atoms with Gasteiger partial charge >= 0.3 is 5.97 Å². The normalized spacial score (nSPS) is 11.2. The molecule has 0 atom stereocenters. The van der Waals surface area contributed by atoms with Gasteiger partial charge in [-0.15, -0.1) is 0 Å². The van der Waals surface area contributed by atoms with Gasteiger partial charge in [0.25, 0.3) is 0 Å². The van der Waals surface area contributed by atoms with Crippen molar-refractivity contribution in [2.75, 3.05) is 7.11 Å². The Morgan fingerprint density at radius 3 is 2.60 bits per heavy atom. The maximum atomic E-state index is 13.7. The van der Waals surface area contributed by atoms with Gasteiger partial charge in [-0.25, -0.2) is 9.18 Å².